The average molecular weight is 348 g/mol. The second-order valence-corrected chi connectivity index (χ2v) is 6.93. The predicted molar refractivity (Wildman–Crippen MR) is 104 cm³/mol. The molecule has 0 unspecified atom stereocenters. The highest BCUT2D eigenvalue weighted by Gasteiger charge is 2.25. The van der Waals surface area contributed by atoms with Crippen LogP contribution < -0.4 is 5.32 Å². The molecule has 1 aromatic heterocycles. The Kier molecular flexibility index (Phi) is 4.51. The topological polar surface area (TPSA) is 54.3 Å². The molecule has 4 rings (SSSR count). The van der Waals surface area contributed by atoms with Crippen molar-refractivity contribution < 1.29 is 9.90 Å². The summed E-state index contributed by atoms with van der Waals surface area (Å²) in [6.07, 6.45) is 2.23. The fourth-order valence-electron chi connectivity index (χ4n) is 4.00. The number of hydrogen-bond acceptors (Lipinski definition) is 2. The number of rotatable bonds is 6. The van der Waals surface area contributed by atoms with Crippen molar-refractivity contribution in [3.05, 3.63) is 59.2 Å². The molecule has 0 saturated heterocycles. The van der Waals surface area contributed by atoms with Gasteiger partial charge in [-0.15, -0.1) is 0 Å². The molecular formula is C22H24N2O2. The van der Waals surface area contributed by atoms with Gasteiger partial charge in [-0.2, -0.15) is 0 Å². The van der Waals surface area contributed by atoms with Crippen molar-refractivity contribution in [2.24, 2.45) is 0 Å². The molecule has 0 bridgehead atoms. The maximum Gasteiger partial charge on any atom is 0.219 e. The molecule has 0 aliphatic carbocycles. The molecule has 2 heterocycles. The average Bonchev–Trinajstić information content (AvgIpc) is 3.17. The van der Waals surface area contributed by atoms with Gasteiger partial charge in [-0.05, 0) is 41.7 Å². The van der Waals surface area contributed by atoms with Crippen molar-refractivity contribution >= 4 is 16.8 Å². The third-order valence-corrected chi connectivity index (χ3v) is 5.19. The monoisotopic (exact) mass is 348 g/mol. The van der Waals surface area contributed by atoms with Crippen LogP contribution in [0, 0.1) is 0 Å². The van der Waals surface area contributed by atoms with Gasteiger partial charge in [-0.1, -0.05) is 37.3 Å². The Labute approximate surface area is 153 Å². The third kappa shape index (κ3) is 2.80. The molecule has 4 nitrogen and oxygen atoms in total. The van der Waals surface area contributed by atoms with Gasteiger partial charge in [0.25, 0.3) is 0 Å². The number of amides is 1. The van der Waals surface area contributed by atoms with Crippen LogP contribution in [-0.4, -0.2) is 22.1 Å². The van der Waals surface area contributed by atoms with Gasteiger partial charge < -0.3 is 15.0 Å². The molecule has 0 saturated carbocycles. The van der Waals surface area contributed by atoms with Crippen molar-refractivity contribution in [3.63, 3.8) is 0 Å². The van der Waals surface area contributed by atoms with Gasteiger partial charge in [-0.25, -0.2) is 0 Å². The Bertz CT molecular complexity index is 972. The van der Waals surface area contributed by atoms with Crippen molar-refractivity contribution in [2.45, 2.75) is 39.3 Å². The first kappa shape index (κ1) is 16.9. The summed E-state index contributed by atoms with van der Waals surface area (Å²) in [4.78, 5) is 11.8. The molecule has 0 atom stereocenters. The summed E-state index contributed by atoms with van der Waals surface area (Å²) in [5.74, 6) is 0.115. The minimum Gasteiger partial charge on any atom is -0.392 e. The number of aliphatic hydroxyl groups excluding tert-OH is 1. The molecule has 3 aromatic rings. The first-order valence-electron chi connectivity index (χ1n) is 9.32. The van der Waals surface area contributed by atoms with Crippen LogP contribution in [0.5, 0.6) is 0 Å². The van der Waals surface area contributed by atoms with E-state index in [2.05, 4.69) is 46.3 Å². The highest BCUT2D eigenvalue weighted by molar-refractivity contribution is 5.94. The summed E-state index contributed by atoms with van der Waals surface area (Å²) in [6.45, 7) is 3.57. The van der Waals surface area contributed by atoms with Crippen LogP contribution >= 0.6 is 0 Å². The van der Waals surface area contributed by atoms with Gasteiger partial charge in [0.1, 0.15) is 0 Å². The summed E-state index contributed by atoms with van der Waals surface area (Å²) in [5.41, 5.74) is 7.26. The van der Waals surface area contributed by atoms with Crippen molar-refractivity contribution in [1.82, 2.24) is 9.88 Å². The molecule has 0 spiro atoms. The minimum atomic E-state index is 0.0414. The van der Waals surface area contributed by atoms with E-state index in [1.165, 1.54) is 33.3 Å². The Morgan fingerprint density at radius 2 is 2.08 bits per heavy atom. The van der Waals surface area contributed by atoms with E-state index >= 15 is 0 Å². The highest BCUT2D eigenvalue weighted by Crippen LogP contribution is 2.41. The summed E-state index contributed by atoms with van der Waals surface area (Å²) >= 11 is 0. The Balaban J connectivity index is 1.76. The summed E-state index contributed by atoms with van der Waals surface area (Å²) in [6, 6.07) is 14.7. The summed E-state index contributed by atoms with van der Waals surface area (Å²) in [5, 5.41) is 13.8. The second kappa shape index (κ2) is 6.96. The second-order valence-electron chi connectivity index (χ2n) is 6.93. The third-order valence-electron chi connectivity index (χ3n) is 5.19. The summed E-state index contributed by atoms with van der Waals surface area (Å²) < 4.78 is 2.37. The molecule has 1 aliphatic rings. The number of hydrogen-bond donors (Lipinski definition) is 2. The lowest BCUT2D eigenvalue weighted by Crippen LogP contribution is -2.25. The molecule has 4 heteroatoms. The van der Waals surface area contributed by atoms with E-state index in [4.69, 9.17) is 0 Å². The molecule has 0 radical (unpaired) electrons. The van der Waals surface area contributed by atoms with Crippen LogP contribution in [0.4, 0.5) is 0 Å². The lowest BCUT2D eigenvalue weighted by atomic mass is 9.99. The molecule has 0 fully saturated rings. The zero-order valence-electron chi connectivity index (χ0n) is 15.1. The zero-order chi connectivity index (χ0) is 18.1. The fraction of sp³-hybridized carbons (Fsp3) is 0.318. The van der Waals surface area contributed by atoms with Gasteiger partial charge in [0.15, 0.2) is 0 Å². The fourth-order valence-corrected chi connectivity index (χ4v) is 4.00. The van der Waals surface area contributed by atoms with E-state index in [-0.39, 0.29) is 12.5 Å². The normalized spacial score (nSPS) is 12.2. The number of benzene rings is 2. The van der Waals surface area contributed by atoms with Crippen LogP contribution in [0.1, 0.15) is 36.5 Å². The number of fused-ring (bicyclic) bond motifs is 5. The minimum absolute atomic E-state index is 0.0414. The first-order chi connectivity index (χ1) is 12.7. The zero-order valence-corrected chi connectivity index (χ0v) is 15.1. The quantitative estimate of drug-likeness (QED) is 0.559. The smallest absolute Gasteiger partial charge is 0.219 e. The van der Waals surface area contributed by atoms with Gasteiger partial charge in [0.2, 0.25) is 5.91 Å². The van der Waals surface area contributed by atoms with E-state index in [0.29, 0.717) is 13.0 Å². The molecular weight excluding hydrogens is 324 g/mol. The van der Waals surface area contributed by atoms with Crippen molar-refractivity contribution in [2.75, 3.05) is 6.54 Å². The first-order valence-corrected chi connectivity index (χ1v) is 9.32. The standard InChI is InChI=1S/C22H24N2O2/c1-2-5-21(26)23-11-10-18-19-12-15(14-25)8-9-20(19)24-13-16-6-3-4-7-17(16)22(18)24/h3-4,6-9,12,25H,2,5,10-11,13-14H2,1H3,(H,23,26). The van der Waals surface area contributed by atoms with E-state index in [0.717, 1.165) is 24.9 Å². The van der Waals surface area contributed by atoms with Gasteiger partial charge >= 0.3 is 0 Å². The van der Waals surface area contributed by atoms with E-state index in [1.807, 2.05) is 13.0 Å². The number of carbonyl (C=O) groups is 1. The maximum absolute atomic E-state index is 11.8. The molecule has 134 valence electrons. The van der Waals surface area contributed by atoms with Gasteiger partial charge in [0.05, 0.1) is 12.3 Å². The molecule has 2 N–H and O–H groups in total. The Morgan fingerprint density at radius 1 is 1.23 bits per heavy atom. The van der Waals surface area contributed by atoms with Crippen molar-refractivity contribution in [3.8, 4) is 11.3 Å². The van der Waals surface area contributed by atoms with Crippen molar-refractivity contribution in [1.29, 1.82) is 0 Å². The van der Waals surface area contributed by atoms with Gasteiger partial charge in [0, 0.05) is 36.0 Å². The number of nitrogens with zero attached hydrogens (tertiary/aromatic N) is 1. The Morgan fingerprint density at radius 3 is 2.88 bits per heavy atom. The number of aromatic nitrogens is 1. The SMILES string of the molecule is CCCC(=O)NCCc1c2n(c3ccc(CO)cc13)Cc1ccccc1-2. The van der Waals surface area contributed by atoms with Crippen LogP contribution in [0.15, 0.2) is 42.5 Å². The predicted octanol–water partition coefficient (Wildman–Crippen LogP) is 3.62. The number of aliphatic hydroxyl groups is 1. The summed E-state index contributed by atoms with van der Waals surface area (Å²) in [7, 11) is 0. The van der Waals surface area contributed by atoms with E-state index in [1.54, 1.807) is 0 Å². The van der Waals surface area contributed by atoms with Crippen LogP contribution in [-0.2, 0) is 24.4 Å². The van der Waals surface area contributed by atoms with Crippen LogP contribution in [0.2, 0.25) is 0 Å². The largest absolute Gasteiger partial charge is 0.392 e. The Hall–Kier alpha value is -2.59. The lowest BCUT2D eigenvalue weighted by molar-refractivity contribution is -0.121. The van der Waals surface area contributed by atoms with Gasteiger partial charge in [-0.3, -0.25) is 4.79 Å². The molecule has 1 amide bonds. The van der Waals surface area contributed by atoms with E-state index in [9.17, 15) is 9.90 Å². The molecule has 26 heavy (non-hydrogen) atoms. The molecule has 1 aliphatic heterocycles. The maximum atomic E-state index is 11.8. The van der Waals surface area contributed by atoms with E-state index < -0.39 is 0 Å². The lowest BCUT2D eigenvalue weighted by Gasteiger charge is -2.07. The highest BCUT2D eigenvalue weighted by atomic mass is 16.3. The number of nitrogens with one attached hydrogen (secondary N) is 1. The van der Waals surface area contributed by atoms with Crippen LogP contribution in [0.3, 0.4) is 0 Å². The van der Waals surface area contributed by atoms with Crippen LogP contribution in [0.25, 0.3) is 22.2 Å². The number of carbonyl (C=O) groups excluding carboxylic acids is 1. The molecule has 2 aromatic carbocycles.